The van der Waals surface area contributed by atoms with Crippen molar-refractivity contribution in [2.45, 2.75) is 0 Å². The molecular weight excluding hydrogens is 287 g/mol. The Bertz CT molecular complexity index is 840. The number of nitrogens with one attached hydrogen (secondary N) is 2. The molecular formula is C16H11FN2O3. The van der Waals surface area contributed by atoms with Crippen molar-refractivity contribution < 1.29 is 18.4 Å². The third kappa shape index (κ3) is 2.54. The third-order valence-electron chi connectivity index (χ3n) is 3.11. The Morgan fingerprint density at radius 1 is 1.09 bits per heavy atom. The molecule has 110 valence electrons. The van der Waals surface area contributed by atoms with Gasteiger partial charge in [0.05, 0.1) is 0 Å². The van der Waals surface area contributed by atoms with Crippen LogP contribution < -0.4 is 10.6 Å². The molecule has 0 radical (unpaired) electrons. The van der Waals surface area contributed by atoms with Crippen LogP contribution in [0, 0.1) is 5.82 Å². The molecule has 0 bridgehead atoms. The summed E-state index contributed by atoms with van der Waals surface area (Å²) in [4.78, 5) is 23.1. The number of halogens is 1. The van der Waals surface area contributed by atoms with E-state index in [-0.39, 0.29) is 5.76 Å². The lowest BCUT2D eigenvalue weighted by Crippen LogP contribution is -2.13. The van der Waals surface area contributed by atoms with Gasteiger partial charge in [-0.3, -0.25) is 9.59 Å². The van der Waals surface area contributed by atoms with Crippen molar-refractivity contribution in [1.29, 1.82) is 0 Å². The first kappa shape index (κ1) is 13.8. The number of carbonyl (C=O) groups is 2. The van der Waals surface area contributed by atoms with Crippen LogP contribution in [-0.4, -0.2) is 12.3 Å². The number of fused-ring (bicyclic) bond motifs is 1. The molecule has 2 N–H and O–H groups in total. The molecule has 0 spiro atoms. The number of amides is 2. The lowest BCUT2D eigenvalue weighted by Gasteiger charge is -2.04. The molecule has 2 amide bonds. The van der Waals surface area contributed by atoms with Gasteiger partial charge >= 0.3 is 0 Å². The van der Waals surface area contributed by atoms with Crippen LogP contribution in [0.3, 0.4) is 0 Å². The Kier molecular flexibility index (Phi) is 3.57. The summed E-state index contributed by atoms with van der Waals surface area (Å²) in [6.07, 6.45) is 0.478. The molecule has 0 atom stereocenters. The maximum atomic E-state index is 12.9. The van der Waals surface area contributed by atoms with Gasteiger partial charge in [-0.1, -0.05) is 12.1 Å². The predicted octanol–water partition coefficient (Wildman–Crippen LogP) is 3.39. The molecule has 0 fully saturated rings. The minimum atomic E-state index is -0.535. The van der Waals surface area contributed by atoms with E-state index < -0.39 is 11.7 Å². The van der Waals surface area contributed by atoms with E-state index in [4.69, 9.17) is 4.42 Å². The van der Waals surface area contributed by atoms with E-state index in [1.54, 1.807) is 24.3 Å². The van der Waals surface area contributed by atoms with Gasteiger partial charge in [0, 0.05) is 11.1 Å². The van der Waals surface area contributed by atoms with Crippen LogP contribution in [0.4, 0.5) is 15.8 Å². The van der Waals surface area contributed by atoms with E-state index in [9.17, 15) is 14.0 Å². The van der Waals surface area contributed by atoms with E-state index in [1.807, 2.05) is 0 Å². The summed E-state index contributed by atoms with van der Waals surface area (Å²) >= 11 is 0. The second kappa shape index (κ2) is 5.69. The van der Waals surface area contributed by atoms with Gasteiger partial charge in [-0.15, -0.1) is 0 Å². The van der Waals surface area contributed by atoms with Crippen molar-refractivity contribution in [2.24, 2.45) is 0 Å². The first-order chi connectivity index (χ1) is 10.7. The zero-order chi connectivity index (χ0) is 15.5. The highest BCUT2D eigenvalue weighted by atomic mass is 19.1. The lowest BCUT2D eigenvalue weighted by atomic mass is 10.2. The number of hydrogen-bond donors (Lipinski definition) is 2. The summed E-state index contributed by atoms with van der Waals surface area (Å²) < 4.78 is 18.4. The number of furan rings is 1. The Labute approximate surface area is 124 Å². The van der Waals surface area contributed by atoms with Gasteiger partial charge in [-0.05, 0) is 36.4 Å². The fourth-order valence-corrected chi connectivity index (χ4v) is 2.13. The van der Waals surface area contributed by atoms with Gasteiger partial charge in [0.2, 0.25) is 12.2 Å². The fourth-order valence-electron chi connectivity index (χ4n) is 2.13. The zero-order valence-corrected chi connectivity index (χ0v) is 11.3. The quantitative estimate of drug-likeness (QED) is 0.725. The molecule has 0 aliphatic carbocycles. The highest BCUT2D eigenvalue weighted by Gasteiger charge is 2.20. The van der Waals surface area contributed by atoms with Crippen molar-refractivity contribution in [2.75, 3.05) is 10.6 Å². The summed E-state index contributed by atoms with van der Waals surface area (Å²) in [5.74, 6) is -0.949. The van der Waals surface area contributed by atoms with Crippen LogP contribution >= 0.6 is 0 Å². The lowest BCUT2D eigenvalue weighted by molar-refractivity contribution is -0.105. The molecule has 2 aromatic carbocycles. The van der Waals surface area contributed by atoms with Crippen molar-refractivity contribution in [1.82, 2.24) is 0 Å². The maximum Gasteiger partial charge on any atom is 0.293 e. The Hall–Kier alpha value is -3.15. The van der Waals surface area contributed by atoms with E-state index >= 15 is 0 Å². The second-order valence-corrected chi connectivity index (χ2v) is 4.53. The van der Waals surface area contributed by atoms with Crippen molar-refractivity contribution in [3.05, 3.63) is 60.1 Å². The molecule has 1 aromatic heterocycles. The van der Waals surface area contributed by atoms with Gasteiger partial charge < -0.3 is 15.1 Å². The van der Waals surface area contributed by atoms with Gasteiger partial charge in [0.1, 0.15) is 17.1 Å². The van der Waals surface area contributed by atoms with Gasteiger partial charge in [0.25, 0.3) is 5.91 Å². The summed E-state index contributed by atoms with van der Waals surface area (Å²) in [5.41, 5.74) is 1.20. The summed E-state index contributed by atoms with van der Waals surface area (Å²) in [6, 6.07) is 12.3. The van der Waals surface area contributed by atoms with Gasteiger partial charge in [-0.25, -0.2) is 4.39 Å². The minimum Gasteiger partial charge on any atom is -0.449 e. The number of hydrogen-bond acceptors (Lipinski definition) is 3. The van der Waals surface area contributed by atoms with E-state index in [0.29, 0.717) is 28.8 Å². The molecule has 1 heterocycles. The highest BCUT2D eigenvalue weighted by molar-refractivity contribution is 6.13. The molecule has 3 rings (SSSR count). The number of benzene rings is 2. The molecule has 6 heteroatoms. The molecule has 0 aliphatic rings. The average molecular weight is 298 g/mol. The number of rotatable bonds is 4. The van der Waals surface area contributed by atoms with Crippen LogP contribution in [0.5, 0.6) is 0 Å². The van der Waals surface area contributed by atoms with E-state index in [2.05, 4.69) is 10.6 Å². The van der Waals surface area contributed by atoms with E-state index in [0.717, 1.165) is 0 Å². The second-order valence-electron chi connectivity index (χ2n) is 4.53. The Morgan fingerprint density at radius 3 is 2.55 bits per heavy atom. The van der Waals surface area contributed by atoms with Gasteiger partial charge in [-0.2, -0.15) is 0 Å². The minimum absolute atomic E-state index is 0.0161. The van der Waals surface area contributed by atoms with Crippen LogP contribution in [0.2, 0.25) is 0 Å². The normalized spacial score (nSPS) is 10.4. The van der Waals surface area contributed by atoms with Crippen molar-refractivity contribution in [3.63, 3.8) is 0 Å². The monoisotopic (exact) mass is 298 g/mol. The topological polar surface area (TPSA) is 71.3 Å². The number of anilines is 2. The fraction of sp³-hybridized carbons (Fsp3) is 0. The summed E-state index contributed by atoms with van der Waals surface area (Å²) in [5, 5.41) is 5.69. The SMILES string of the molecule is O=CNc1c(C(=O)Nc2ccc(F)cc2)oc2ccccc12. The number of carbonyl (C=O) groups excluding carboxylic acids is 2. The van der Waals surface area contributed by atoms with Gasteiger partial charge in [0.15, 0.2) is 0 Å². The summed E-state index contributed by atoms with van der Waals surface area (Å²) in [6.45, 7) is 0. The zero-order valence-electron chi connectivity index (χ0n) is 11.3. The molecule has 0 saturated heterocycles. The van der Waals surface area contributed by atoms with Crippen LogP contribution in [-0.2, 0) is 4.79 Å². The van der Waals surface area contributed by atoms with Crippen LogP contribution in [0.1, 0.15) is 10.6 Å². The smallest absolute Gasteiger partial charge is 0.293 e. The standard InChI is InChI=1S/C16H11FN2O3/c17-10-5-7-11(8-6-10)19-16(21)15-14(18-9-20)12-3-1-2-4-13(12)22-15/h1-9H,(H,18,20)(H,19,21). The molecule has 3 aromatic rings. The molecule has 0 aliphatic heterocycles. The number of para-hydroxylation sites is 1. The molecule has 22 heavy (non-hydrogen) atoms. The molecule has 0 saturated carbocycles. The first-order valence-corrected chi connectivity index (χ1v) is 6.47. The van der Waals surface area contributed by atoms with Crippen molar-refractivity contribution >= 4 is 34.7 Å². The molecule has 5 nitrogen and oxygen atoms in total. The summed E-state index contributed by atoms with van der Waals surface area (Å²) in [7, 11) is 0. The van der Waals surface area contributed by atoms with Crippen molar-refractivity contribution in [3.8, 4) is 0 Å². The average Bonchev–Trinajstić information content (AvgIpc) is 2.89. The highest BCUT2D eigenvalue weighted by Crippen LogP contribution is 2.31. The van der Waals surface area contributed by atoms with E-state index in [1.165, 1.54) is 24.3 Å². The molecule has 0 unspecified atom stereocenters. The Morgan fingerprint density at radius 2 is 1.82 bits per heavy atom. The van der Waals surface area contributed by atoms with Crippen LogP contribution in [0.25, 0.3) is 11.0 Å². The predicted molar refractivity (Wildman–Crippen MR) is 80.3 cm³/mol. The first-order valence-electron chi connectivity index (χ1n) is 6.47. The largest absolute Gasteiger partial charge is 0.449 e. The Balaban J connectivity index is 1.97. The van der Waals surface area contributed by atoms with Crippen LogP contribution in [0.15, 0.2) is 52.9 Å². The maximum absolute atomic E-state index is 12.9. The third-order valence-corrected chi connectivity index (χ3v) is 3.11.